The predicted molar refractivity (Wildman–Crippen MR) is 94.0 cm³/mol. The Morgan fingerprint density at radius 2 is 1.88 bits per heavy atom. The van der Waals surface area contributed by atoms with Gasteiger partial charge in [0.1, 0.15) is 0 Å². The minimum atomic E-state index is -3.45. The highest BCUT2D eigenvalue weighted by Gasteiger charge is 2.29. The fourth-order valence-corrected chi connectivity index (χ4v) is 4.80. The predicted octanol–water partition coefficient (Wildman–Crippen LogP) is 2.13. The molecule has 24 heavy (non-hydrogen) atoms. The van der Waals surface area contributed by atoms with Crippen molar-refractivity contribution in [2.24, 2.45) is 5.92 Å². The molecule has 1 heterocycles. The minimum absolute atomic E-state index is 0.0272. The van der Waals surface area contributed by atoms with E-state index in [1.165, 1.54) is 0 Å². The van der Waals surface area contributed by atoms with Gasteiger partial charge in [-0.25, -0.2) is 8.42 Å². The Kier molecular flexibility index (Phi) is 4.53. The average Bonchev–Trinajstić information content (AvgIpc) is 2.97. The largest absolute Gasteiger partial charge is 0.345 e. The van der Waals surface area contributed by atoms with Crippen molar-refractivity contribution in [1.82, 2.24) is 9.21 Å². The Balaban J connectivity index is 1.83. The molecule has 1 aliphatic heterocycles. The Morgan fingerprint density at radius 3 is 2.50 bits per heavy atom. The van der Waals surface area contributed by atoms with E-state index in [0.29, 0.717) is 35.9 Å². The maximum Gasteiger partial charge on any atom is 0.249 e. The maximum absolute atomic E-state index is 12.9. The first kappa shape index (κ1) is 17.2. The number of carbonyl (C=O) groups excluding carboxylic acids is 1. The van der Waals surface area contributed by atoms with Gasteiger partial charge in [-0.2, -0.15) is 4.31 Å². The van der Waals surface area contributed by atoms with Gasteiger partial charge in [-0.05, 0) is 48.1 Å². The molecule has 0 unspecified atom stereocenters. The second-order valence-corrected chi connectivity index (χ2v) is 8.93. The Morgan fingerprint density at radius 1 is 1.21 bits per heavy atom. The van der Waals surface area contributed by atoms with Gasteiger partial charge in [-0.3, -0.25) is 4.79 Å². The molecule has 1 aromatic carbocycles. The lowest BCUT2D eigenvalue weighted by Crippen LogP contribution is -2.37. The van der Waals surface area contributed by atoms with Crippen molar-refractivity contribution in [2.45, 2.75) is 31.1 Å². The molecule has 0 radical (unpaired) electrons. The van der Waals surface area contributed by atoms with Gasteiger partial charge in [0.15, 0.2) is 0 Å². The molecule has 1 aromatic rings. The fourth-order valence-electron chi connectivity index (χ4n) is 3.28. The summed E-state index contributed by atoms with van der Waals surface area (Å²) in [4.78, 5) is 14.0. The van der Waals surface area contributed by atoms with Crippen molar-refractivity contribution < 1.29 is 13.2 Å². The molecule has 2 aliphatic rings. The van der Waals surface area contributed by atoms with Gasteiger partial charge in [-0.1, -0.05) is 13.0 Å². The molecule has 6 heteroatoms. The summed E-state index contributed by atoms with van der Waals surface area (Å²) in [5.41, 5.74) is 2.55. The topological polar surface area (TPSA) is 57.7 Å². The number of carbonyl (C=O) groups is 1. The molecule has 0 atom stereocenters. The molecule has 1 fully saturated rings. The third kappa shape index (κ3) is 3.13. The lowest BCUT2D eigenvalue weighted by molar-refractivity contribution is -0.124. The SMILES string of the molecule is CC1CCN(S(=O)(=O)c2ccc3c(c2)CC(C(=O)N(C)C)=C3)CC1. The number of rotatable bonds is 3. The summed E-state index contributed by atoms with van der Waals surface area (Å²) in [6.07, 6.45) is 4.17. The maximum atomic E-state index is 12.9. The molecule has 1 saturated heterocycles. The number of amides is 1. The molecule has 3 rings (SSSR count). The number of benzene rings is 1. The Hall–Kier alpha value is -1.66. The molecule has 0 aromatic heterocycles. The van der Waals surface area contributed by atoms with Gasteiger partial charge >= 0.3 is 0 Å². The molecule has 0 saturated carbocycles. The Bertz CT molecular complexity index is 788. The third-order valence-corrected chi connectivity index (χ3v) is 6.78. The molecule has 1 amide bonds. The van der Waals surface area contributed by atoms with Crippen molar-refractivity contribution in [3.8, 4) is 0 Å². The number of hydrogen-bond acceptors (Lipinski definition) is 3. The highest BCUT2D eigenvalue weighted by Crippen LogP contribution is 2.30. The van der Waals surface area contributed by atoms with Gasteiger partial charge < -0.3 is 4.90 Å². The number of fused-ring (bicyclic) bond motifs is 1. The highest BCUT2D eigenvalue weighted by molar-refractivity contribution is 7.89. The molecule has 0 N–H and O–H groups in total. The van der Waals surface area contributed by atoms with Crippen LogP contribution in [0.4, 0.5) is 0 Å². The van der Waals surface area contributed by atoms with Crippen LogP contribution in [0.1, 0.15) is 30.9 Å². The van der Waals surface area contributed by atoms with Crippen LogP contribution in [0.2, 0.25) is 0 Å². The summed E-state index contributed by atoms with van der Waals surface area (Å²) in [6, 6.07) is 5.20. The molecule has 0 spiro atoms. The number of likely N-dealkylation sites (N-methyl/N-ethyl adjacent to an activating group) is 1. The second-order valence-electron chi connectivity index (χ2n) is 6.99. The molecule has 5 nitrogen and oxygen atoms in total. The summed E-state index contributed by atoms with van der Waals surface area (Å²) < 4.78 is 27.3. The van der Waals surface area contributed by atoms with E-state index in [2.05, 4.69) is 6.92 Å². The summed E-state index contributed by atoms with van der Waals surface area (Å²) in [5, 5.41) is 0. The lowest BCUT2D eigenvalue weighted by Gasteiger charge is -2.29. The van der Waals surface area contributed by atoms with E-state index in [-0.39, 0.29) is 5.91 Å². The van der Waals surface area contributed by atoms with E-state index in [9.17, 15) is 13.2 Å². The first-order chi connectivity index (χ1) is 11.3. The van der Waals surface area contributed by atoms with Crippen LogP contribution in [0.25, 0.3) is 6.08 Å². The van der Waals surface area contributed by atoms with Crippen LogP contribution in [-0.4, -0.2) is 50.7 Å². The molecule has 0 bridgehead atoms. The van der Waals surface area contributed by atoms with Crippen LogP contribution in [0, 0.1) is 5.92 Å². The van der Waals surface area contributed by atoms with Crippen LogP contribution in [-0.2, 0) is 21.2 Å². The normalized spacial score (nSPS) is 19.0. The molecule has 130 valence electrons. The van der Waals surface area contributed by atoms with Crippen molar-refractivity contribution in [1.29, 1.82) is 0 Å². The van der Waals surface area contributed by atoms with Crippen molar-refractivity contribution in [3.05, 3.63) is 34.9 Å². The monoisotopic (exact) mass is 348 g/mol. The Labute approximate surface area is 144 Å². The van der Waals surface area contributed by atoms with Crippen LogP contribution in [0.5, 0.6) is 0 Å². The quantitative estimate of drug-likeness (QED) is 0.841. The fraction of sp³-hybridized carbons (Fsp3) is 0.500. The van der Waals surface area contributed by atoms with Gasteiger partial charge in [-0.15, -0.1) is 0 Å². The second kappa shape index (κ2) is 6.33. The smallest absolute Gasteiger partial charge is 0.249 e. The van der Waals surface area contributed by atoms with E-state index in [4.69, 9.17) is 0 Å². The summed E-state index contributed by atoms with van der Waals surface area (Å²) in [6.45, 7) is 3.33. The third-order valence-electron chi connectivity index (χ3n) is 4.89. The first-order valence-corrected chi connectivity index (χ1v) is 9.78. The minimum Gasteiger partial charge on any atom is -0.345 e. The summed E-state index contributed by atoms with van der Waals surface area (Å²) in [5.74, 6) is 0.556. The average molecular weight is 348 g/mol. The van der Waals surface area contributed by atoms with Crippen LogP contribution < -0.4 is 0 Å². The van der Waals surface area contributed by atoms with Gasteiger partial charge in [0.25, 0.3) is 0 Å². The molecular formula is C18H24N2O3S. The standard InChI is InChI=1S/C18H24N2O3S/c1-13-6-8-20(9-7-13)24(22,23)17-5-4-14-10-16(11-15(14)12-17)18(21)19(2)3/h4-5,10,12-13H,6-9,11H2,1-3H3. The van der Waals surface area contributed by atoms with E-state index in [1.54, 1.807) is 35.4 Å². The van der Waals surface area contributed by atoms with E-state index < -0.39 is 10.0 Å². The summed E-state index contributed by atoms with van der Waals surface area (Å²) in [7, 11) is -0.00301. The van der Waals surface area contributed by atoms with E-state index in [0.717, 1.165) is 24.0 Å². The van der Waals surface area contributed by atoms with E-state index in [1.807, 2.05) is 12.1 Å². The van der Waals surface area contributed by atoms with Gasteiger partial charge in [0, 0.05) is 39.2 Å². The van der Waals surface area contributed by atoms with Crippen LogP contribution in [0.15, 0.2) is 28.7 Å². The molecular weight excluding hydrogens is 324 g/mol. The lowest BCUT2D eigenvalue weighted by atomic mass is 10.0. The number of piperidine rings is 1. The number of nitrogens with zero attached hydrogens (tertiary/aromatic N) is 2. The van der Waals surface area contributed by atoms with Crippen LogP contribution in [0.3, 0.4) is 0 Å². The highest BCUT2D eigenvalue weighted by atomic mass is 32.2. The zero-order valence-corrected chi connectivity index (χ0v) is 15.3. The zero-order chi connectivity index (χ0) is 17.5. The van der Waals surface area contributed by atoms with Crippen LogP contribution >= 0.6 is 0 Å². The van der Waals surface area contributed by atoms with E-state index >= 15 is 0 Å². The summed E-state index contributed by atoms with van der Waals surface area (Å²) >= 11 is 0. The van der Waals surface area contributed by atoms with Crippen molar-refractivity contribution in [3.63, 3.8) is 0 Å². The number of hydrogen-bond donors (Lipinski definition) is 0. The van der Waals surface area contributed by atoms with Gasteiger partial charge in [0.05, 0.1) is 4.90 Å². The zero-order valence-electron chi connectivity index (χ0n) is 14.4. The molecule has 1 aliphatic carbocycles. The first-order valence-electron chi connectivity index (χ1n) is 8.34. The number of sulfonamides is 1. The van der Waals surface area contributed by atoms with Crippen molar-refractivity contribution in [2.75, 3.05) is 27.2 Å². The van der Waals surface area contributed by atoms with Crippen molar-refractivity contribution >= 4 is 22.0 Å². The van der Waals surface area contributed by atoms with Gasteiger partial charge in [0.2, 0.25) is 15.9 Å².